The maximum atomic E-state index is 11.9. The highest BCUT2D eigenvalue weighted by atomic mass is 35.5. The molecule has 0 unspecified atom stereocenters. The first-order chi connectivity index (χ1) is 9.63. The van der Waals surface area contributed by atoms with Crippen LogP contribution >= 0.6 is 23.2 Å². The van der Waals surface area contributed by atoms with Gasteiger partial charge in [0, 0.05) is 6.54 Å². The number of carbonyl (C=O) groups is 1. The maximum absolute atomic E-state index is 11.9. The van der Waals surface area contributed by atoms with Crippen molar-refractivity contribution < 1.29 is 9.53 Å². The molecule has 0 aliphatic rings. The van der Waals surface area contributed by atoms with E-state index in [-0.39, 0.29) is 17.2 Å². The summed E-state index contributed by atoms with van der Waals surface area (Å²) in [6.45, 7) is 2.65. The average molecular weight is 315 g/mol. The number of rotatable bonds is 5. The smallest absolute Gasteiger partial charge is 0.340 e. The summed E-state index contributed by atoms with van der Waals surface area (Å²) in [5.74, 6) is -0.0816. The molecule has 0 aliphatic heterocycles. The fraction of sp³-hybridized carbons (Fsp3) is 0.333. The van der Waals surface area contributed by atoms with Crippen LogP contribution in [0.4, 0.5) is 0 Å². The highest BCUT2D eigenvalue weighted by Gasteiger charge is 2.15. The first-order valence-corrected chi connectivity index (χ1v) is 6.75. The number of tetrazole rings is 1. The number of hydrogen-bond donors (Lipinski definition) is 0. The van der Waals surface area contributed by atoms with Crippen molar-refractivity contribution in [1.29, 1.82) is 0 Å². The van der Waals surface area contributed by atoms with Crippen LogP contribution in [0.2, 0.25) is 10.0 Å². The Kier molecular flexibility index (Phi) is 4.92. The fourth-order valence-corrected chi connectivity index (χ4v) is 1.96. The molecule has 20 heavy (non-hydrogen) atoms. The number of esters is 1. The molecule has 0 saturated carbocycles. The predicted octanol–water partition coefficient (Wildman–Crippen LogP) is 2.75. The molecule has 1 aromatic heterocycles. The van der Waals surface area contributed by atoms with Crippen molar-refractivity contribution in [1.82, 2.24) is 20.2 Å². The Morgan fingerprint density at radius 1 is 1.40 bits per heavy atom. The minimum atomic E-state index is -0.566. The maximum Gasteiger partial charge on any atom is 0.340 e. The number of ether oxygens (including phenoxy) is 1. The molecule has 8 heteroatoms. The molecule has 0 fully saturated rings. The van der Waals surface area contributed by atoms with E-state index in [0.29, 0.717) is 17.4 Å². The molecule has 0 spiro atoms. The number of aromatic nitrogens is 4. The van der Waals surface area contributed by atoms with Gasteiger partial charge >= 0.3 is 5.97 Å². The third-order valence-corrected chi connectivity index (χ3v) is 3.36. The molecular formula is C12H12Cl2N4O2. The van der Waals surface area contributed by atoms with Crippen LogP contribution in [0.5, 0.6) is 0 Å². The van der Waals surface area contributed by atoms with Gasteiger partial charge in [0.15, 0.2) is 12.4 Å². The number of halogens is 2. The second-order valence-electron chi connectivity index (χ2n) is 4.00. The van der Waals surface area contributed by atoms with Gasteiger partial charge in [-0.1, -0.05) is 36.2 Å². The van der Waals surface area contributed by atoms with Gasteiger partial charge < -0.3 is 4.74 Å². The summed E-state index contributed by atoms with van der Waals surface area (Å²) >= 11 is 11.8. The normalized spacial score (nSPS) is 10.6. The van der Waals surface area contributed by atoms with Gasteiger partial charge in [0.2, 0.25) is 0 Å². The molecule has 0 amide bonds. The Morgan fingerprint density at radius 3 is 2.95 bits per heavy atom. The quantitative estimate of drug-likeness (QED) is 0.794. The summed E-state index contributed by atoms with van der Waals surface area (Å²) in [6.07, 6.45) is 0.881. The third-order valence-electron chi connectivity index (χ3n) is 2.55. The van der Waals surface area contributed by atoms with Gasteiger partial charge in [0.05, 0.1) is 15.6 Å². The van der Waals surface area contributed by atoms with Gasteiger partial charge in [-0.2, -0.15) is 0 Å². The predicted molar refractivity (Wildman–Crippen MR) is 73.7 cm³/mol. The summed E-state index contributed by atoms with van der Waals surface area (Å²) in [5.41, 5.74) is 0.216. The van der Waals surface area contributed by atoms with Crippen LogP contribution in [0.25, 0.3) is 0 Å². The van der Waals surface area contributed by atoms with Gasteiger partial charge in [-0.3, -0.25) is 0 Å². The van der Waals surface area contributed by atoms with E-state index in [1.165, 1.54) is 0 Å². The van der Waals surface area contributed by atoms with Crippen LogP contribution in [0, 0.1) is 0 Å². The van der Waals surface area contributed by atoms with Gasteiger partial charge in [-0.25, -0.2) is 9.48 Å². The molecular weight excluding hydrogens is 303 g/mol. The molecule has 0 saturated heterocycles. The van der Waals surface area contributed by atoms with Crippen molar-refractivity contribution in [3.63, 3.8) is 0 Å². The van der Waals surface area contributed by atoms with E-state index < -0.39 is 5.97 Å². The molecule has 106 valence electrons. The van der Waals surface area contributed by atoms with Crippen molar-refractivity contribution in [2.45, 2.75) is 26.5 Å². The first-order valence-electron chi connectivity index (χ1n) is 5.99. The molecule has 6 nitrogen and oxygen atoms in total. The molecule has 1 aromatic carbocycles. The van der Waals surface area contributed by atoms with Crippen LogP contribution < -0.4 is 0 Å². The summed E-state index contributed by atoms with van der Waals surface area (Å²) in [4.78, 5) is 11.9. The lowest BCUT2D eigenvalue weighted by molar-refractivity contribution is 0.0456. The Hall–Kier alpha value is -1.66. The van der Waals surface area contributed by atoms with Crippen molar-refractivity contribution in [2.75, 3.05) is 0 Å². The van der Waals surface area contributed by atoms with Crippen molar-refractivity contribution in [3.8, 4) is 0 Å². The minimum absolute atomic E-state index is 0.0192. The molecule has 2 rings (SSSR count). The number of aryl methyl sites for hydroxylation is 1. The van der Waals surface area contributed by atoms with Gasteiger partial charge in [-0.15, -0.1) is 5.10 Å². The van der Waals surface area contributed by atoms with Crippen LogP contribution in [0.15, 0.2) is 18.2 Å². The zero-order chi connectivity index (χ0) is 14.5. The van der Waals surface area contributed by atoms with Crippen LogP contribution in [-0.4, -0.2) is 26.2 Å². The fourth-order valence-electron chi connectivity index (χ4n) is 1.58. The van der Waals surface area contributed by atoms with Crippen molar-refractivity contribution in [3.05, 3.63) is 39.6 Å². The summed E-state index contributed by atoms with van der Waals surface area (Å²) in [6, 6.07) is 4.78. The monoisotopic (exact) mass is 314 g/mol. The Bertz CT molecular complexity index is 615. The summed E-state index contributed by atoms with van der Waals surface area (Å²) < 4.78 is 6.74. The lowest BCUT2D eigenvalue weighted by Crippen LogP contribution is -2.11. The number of hydrogen-bond acceptors (Lipinski definition) is 5. The van der Waals surface area contributed by atoms with E-state index in [9.17, 15) is 4.79 Å². The van der Waals surface area contributed by atoms with Gasteiger partial charge in [0.1, 0.15) is 0 Å². The molecule has 0 radical (unpaired) electrons. The second-order valence-corrected chi connectivity index (χ2v) is 4.78. The number of carbonyl (C=O) groups excluding carboxylic acids is 1. The van der Waals surface area contributed by atoms with Gasteiger partial charge in [-0.05, 0) is 29.0 Å². The van der Waals surface area contributed by atoms with E-state index in [2.05, 4.69) is 15.5 Å². The van der Waals surface area contributed by atoms with Crippen LogP contribution in [0.3, 0.4) is 0 Å². The molecule has 0 N–H and O–H groups in total. The topological polar surface area (TPSA) is 69.9 Å². The standard InChI is InChI=1S/C12H12Cl2N4O2/c1-2-6-18-10(15-16-17-18)7-20-12(19)8-4-3-5-9(13)11(8)14/h3-5H,2,6-7H2,1H3. The van der Waals surface area contributed by atoms with E-state index >= 15 is 0 Å². The number of nitrogens with zero attached hydrogens (tertiary/aromatic N) is 4. The van der Waals surface area contributed by atoms with Crippen LogP contribution in [-0.2, 0) is 17.9 Å². The minimum Gasteiger partial charge on any atom is -0.454 e. The van der Waals surface area contributed by atoms with Crippen molar-refractivity contribution >= 4 is 29.2 Å². The molecule has 0 atom stereocenters. The summed E-state index contributed by atoms with van der Waals surface area (Å²) in [5, 5.41) is 11.6. The largest absolute Gasteiger partial charge is 0.454 e. The number of benzene rings is 1. The third kappa shape index (κ3) is 3.26. The summed E-state index contributed by atoms with van der Waals surface area (Å²) in [7, 11) is 0. The van der Waals surface area contributed by atoms with E-state index in [0.717, 1.165) is 6.42 Å². The zero-order valence-electron chi connectivity index (χ0n) is 10.7. The second kappa shape index (κ2) is 6.67. The average Bonchev–Trinajstić information content (AvgIpc) is 2.87. The Morgan fingerprint density at radius 2 is 2.20 bits per heavy atom. The Balaban J connectivity index is 2.05. The van der Waals surface area contributed by atoms with E-state index in [1.807, 2.05) is 6.92 Å². The Labute approximate surface area is 125 Å². The van der Waals surface area contributed by atoms with E-state index in [4.69, 9.17) is 27.9 Å². The lowest BCUT2D eigenvalue weighted by Gasteiger charge is -2.07. The lowest BCUT2D eigenvalue weighted by atomic mass is 10.2. The van der Waals surface area contributed by atoms with E-state index in [1.54, 1.807) is 22.9 Å². The first kappa shape index (κ1) is 14.7. The molecule has 2 aromatic rings. The van der Waals surface area contributed by atoms with Gasteiger partial charge in [0.25, 0.3) is 0 Å². The highest BCUT2D eigenvalue weighted by molar-refractivity contribution is 6.43. The molecule has 0 aliphatic carbocycles. The highest BCUT2D eigenvalue weighted by Crippen LogP contribution is 2.26. The van der Waals surface area contributed by atoms with Crippen LogP contribution in [0.1, 0.15) is 29.5 Å². The SMILES string of the molecule is CCCn1nnnc1COC(=O)c1cccc(Cl)c1Cl. The van der Waals surface area contributed by atoms with Crippen molar-refractivity contribution in [2.24, 2.45) is 0 Å². The zero-order valence-corrected chi connectivity index (χ0v) is 12.2. The molecule has 1 heterocycles. The molecule has 0 bridgehead atoms.